The second-order valence-corrected chi connectivity index (χ2v) is 13.4. The zero-order chi connectivity index (χ0) is 32.3. The fourth-order valence-electron chi connectivity index (χ4n) is 4.85. The minimum absolute atomic E-state index is 0.0599. The van der Waals surface area contributed by atoms with Gasteiger partial charge in [0.25, 0.3) is 0 Å². The number of hydrogen-bond acceptors (Lipinski definition) is 6. The van der Waals surface area contributed by atoms with Gasteiger partial charge in [0, 0.05) is 25.9 Å². The number of rotatable bonds is 21. The lowest BCUT2D eigenvalue weighted by Crippen LogP contribution is -2.34. The van der Waals surface area contributed by atoms with Crippen molar-refractivity contribution in [3.05, 3.63) is 35.4 Å². The van der Waals surface area contributed by atoms with E-state index in [-0.39, 0.29) is 42.9 Å². The van der Waals surface area contributed by atoms with E-state index in [1.165, 1.54) is 38.2 Å². The van der Waals surface area contributed by atoms with Crippen LogP contribution in [0.25, 0.3) is 0 Å². The van der Waals surface area contributed by atoms with Crippen LogP contribution in [0.5, 0.6) is 0 Å². The van der Waals surface area contributed by atoms with Crippen LogP contribution in [0.4, 0.5) is 0 Å². The molecule has 0 aliphatic heterocycles. The summed E-state index contributed by atoms with van der Waals surface area (Å²) in [6.07, 6.45) is 14.1. The lowest BCUT2D eigenvalue weighted by Gasteiger charge is -2.25. The molecule has 0 bridgehead atoms. The molecule has 0 saturated carbocycles. The van der Waals surface area contributed by atoms with Crippen molar-refractivity contribution in [3.63, 3.8) is 0 Å². The van der Waals surface area contributed by atoms with E-state index in [0.717, 1.165) is 44.9 Å². The van der Waals surface area contributed by atoms with Gasteiger partial charge >= 0.3 is 17.9 Å². The maximum Gasteiger partial charge on any atom is 0.336 e. The second kappa shape index (κ2) is 20.1. The predicted octanol–water partition coefficient (Wildman–Crippen LogP) is 8.25. The molecule has 1 amide bonds. The van der Waals surface area contributed by atoms with Crippen LogP contribution in [-0.4, -0.2) is 51.6 Å². The first-order valence-electron chi connectivity index (χ1n) is 16.2. The molecule has 8 heteroatoms. The molecule has 0 heterocycles. The van der Waals surface area contributed by atoms with Crippen LogP contribution < -0.4 is 0 Å². The highest BCUT2D eigenvalue weighted by Crippen LogP contribution is 2.17. The van der Waals surface area contributed by atoms with Crippen molar-refractivity contribution in [2.45, 2.75) is 156 Å². The molecule has 0 spiro atoms. The van der Waals surface area contributed by atoms with Gasteiger partial charge in [0.2, 0.25) is 5.91 Å². The van der Waals surface area contributed by atoms with Crippen LogP contribution >= 0.6 is 0 Å². The normalized spacial score (nSPS) is 11.7. The molecular formula is C35H57NO7. The van der Waals surface area contributed by atoms with Gasteiger partial charge in [-0.1, -0.05) is 82.4 Å². The molecule has 0 fully saturated rings. The van der Waals surface area contributed by atoms with Gasteiger partial charge in [0.15, 0.2) is 0 Å². The number of carboxylic acids is 1. The Bertz CT molecular complexity index is 991. The number of amides is 1. The Morgan fingerprint density at radius 1 is 0.628 bits per heavy atom. The van der Waals surface area contributed by atoms with E-state index in [1.807, 2.05) is 20.8 Å². The number of carbonyl (C=O) groups excluding carboxylic acids is 3. The van der Waals surface area contributed by atoms with E-state index in [0.29, 0.717) is 18.4 Å². The molecule has 0 radical (unpaired) electrons. The maximum atomic E-state index is 13.1. The molecule has 0 aliphatic carbocycles. The Balaban J connectivity index is 2.29. The number of ether oxygens (including phenoxy) is 2. The van der Waals surface area contributed by atoms with Gasteiger partial charge in [-0.3, -0.25) is 14.4 Å². The van der Waals surface area contributed by atoms with Gasteiger partial charge in [0.05, 0.1) is 12.0 Å². The third-order valence-electron chi connectivity index (χ3n) is 6.91. The molecule has 1 N–H and O–H groups in total. The molecule has 1 aromatic carbocycles. The molecule has 244 valence electrons. The van der Waals surface area contributed by atoms with Crippen LogP contribution in [-0.2, 0) is 30.4 Å². The number of benzene rings is 1. The second-order valence-electron chi connectivity index (χ2n) is 13.4. The molecule has 0 aromatic heterocycles. The van der Waals surface area contributed by atoms with E-state index in [2.05, 4.69) is 0 Å². The Morgan fingerprint density at radius 2 is 1.05 bits per heavy atom. The smallest absolute Gasteiger partial charge is 0.336 e. The Kier molecular flexibility index (Phi) is 17.8. The number of nitrogens with zero attached hydrogens (tertiary/aromatic N) is 1. The summed E-state index contributed by atoms with van der Waals surface area (Å²) in [5.74, 6) is -1.59. The number of esters is 2. The van der Waals surface area contributed by atoms with Gasteiger partial charge in [-0.15, -0.1) is 0 Å². The largest absolute Gasteiger partial charge is 0.478 e. The molecule has 43 heavy (non-hydrogen) atoms. The molecule has 1 aromatic rings. The van der Waals surface area contributed by atoms with Crippen LogP contribution in [0.1, 0.15) is 154 Å². The van der Waals surface area contributed by atoms with Gasteiger partial charge in [-0.05, 0) is 66.0 Å². The summed E-state index contributed by atoms with van der Waals surface area (Å²) in [6, 6.07) is 6.66. The third-order valence-corrected chi connectivity index (χ3v) is 6.91. The molecule has 1 rings (SSSR count). The summed E-state index contributed by atoms with van der Waals surface area (Å²) in [7, 11) is 0. The molecular weight excluding hydrogens is 546 g/mol. The van der Waals surface area contributed by atoms with Crippen molar-refractivity contribution in [2.24, 2.45) is 0 Å². The van der Waals surface area contributed by atoms with Crippen molar-refractivity contribution in [1.82, 2.24) is 4.90 Å². The van der Waals surface area contributed by atoms with E-state index in [4.69, 9.17) is 9.47 Å². The highest BCUT2D eigenvalue weighted by Gasteiger charge is 2.21. The van der Waals surface area contributed by atoms with E-state index in [9.17, 15) is 24.3 Å². The number of aromatic carboxylic acids is 1. The molecule has 8 nitrogen and oxygen atoms in total. The van der Waals surface area contributed by atoms with Gasteiger partial charge in [0.1, 0.15) is 11.2 Å². The van der Waals surface area contributed by atoms with Crippen LogP contribution in [0.15, 0.2) is 24.3 Å². The van der Waals surface area contributed by atoms with Crippen LogP contribution in [0.2, 0.25) is 0 Å². The summed E-state index contributed by atoms with van der Waals surface area (Å²) < 4.78 is 10.7. The first-order chi connectivity index (χ1) is 20.2. The van der Waals surface area contributed by atoms with Crippen molar-refractivity contribution in [2.75, 3.05) is 6.54 Å². The SMILES string of the molecule is CC(C)(C)OC(=O)CCCCCCCCCCCCCCC(=O)N(CCC(=O)OC(C)(C)C)Cc1ccccc1C(=O)O. The number of carboxylic acid groups (broad SMARTS) is 1. The highest BCUT2D eigenvalue weighted by molar-refractivity contribution is 5.89. The molecule has 0 saturated heterocycles. The van der Waals surface area contributed by atoms with E-state index < -0.39 is 17.2 Å². The summed E-state index contributed by atoms with van der Waals surface area (Å²) in [6.45, 7) is 11.4. The third kappa shape index (κ3) is 19.8. The van der Waals surface area contributed by atoms with Gasteiger partial charge in [-0.25, -0.2) is 4.79 Å². The van der Waals surface area contributed by atoms with E-state index in [1.54, 1.807) is 43.9 Å². The van der Waals surface area contributed by atoms with Crippen molar-refractivity contribution in [1.29, 1.82) is 0 Å². The molecule has 0 unspecified atom stereocenters. The average molecular weight is 604 g/mol. The van der Waals surface area contributed by atoms with E-state index >= 15 is 0 Å². The Hall–Kier alpha value is -2.90. The summed E-state index contributed by atoms with van der Waals surface area (Å²) >= 11 is 0. The number of unbranched alkanes of at least 4 members (excludes halogenated alkanes) is 11. The molecule has 0 atom stereocenters. The topological polar surface area (TPSA) is 110 Å². The Labute approximate surface area is 259 Å². The fraction of sp³-hybridized carbons (Fsp3) is 0.714. The lowest BCUT2D eigenvalue weighted by atomic mass is 10.0. The van der Waals surface area contributed by atoms with Crippen molar-refractivity contribution in [3.8, 4) is 0 Å². The number of hydrogen-bond donors (Lipinski definition) is 1. The summed E-state index contributed by atoms with van der Waals surface area (Å²) in [5.41, 5.74) is -0.297. The zero-order valence-corrected chi connectivity index (χ0v) is 27.7. The minimum Gasteiger partial charge on any atom is -0.478 e. The molecule has 0 aliphatic rings. The summed E-state index contributed by atoms with van der Waals surface area (Å²) in [4.78, 5) is 50.4. The predicted molar refractivity (Wildman–Crippen MR) is 170 cm³/mol. The van der Waals surface area contributed by atoms with Crippen molar-refractivity contribution < 1.29 is 33.8 Å². The van der Waals surface area contributed by atoms with Crippen LogP contribution in [0, 0.1) is 0 Å². The summed E-state index contributed by atoms with van der Waals surface area (Å²) in [5, 5.41) is 9.55. The fourth-order valence-corrected chi connectivity index (χ4v) is 4.85. The average Bonchev–Trinajstić information content (AvgIpc) is 2.89. The van der Waals surface area contributed by atoms with Crippen molar-refractivity contribution >= 4 is 23.8 Å². The minimum atomic E-state index is -1.04. The van der Waals surface area contributed by atoms with Gasteiger partial charge in [-0.2, -0.15) is 0 Å². The van der Waals surface area contributed by atoms with Crippen LogP contribution in [0.3, 0.4) is 0 Å². The first kappa shape index (κ1) is 38.1. The quantitative estimate of drug-likeness (QED) is 0.111. The highest BCUT2D eigenvalue weighted by atomic mass is 16.6. The standard InChI is InChI=1S/C35H57NO7/c1-34(2,3)42-31(38)24-18-16-14-12-10-8-7-9-11-13-15-17-23-30(37)36(26-25-32(39)43-35(4,5)6)27-28-21-19-20-22-29(28)33(40)41/h19-22H,7-18,23-27H2,1-6H3,(H,40,41). The number of carbonyl (C=O) groups is 4. The van der Waals surface area contributed by atoms with Gasteiger partial charge < -0.3 is 19.5 Å². The zero-order valence-electron chi connectivity index (χ0n) is 27.7. The first-order valence-corrected chi connectivity index (χ1v) is 16.2. The maximum absolute atomic E-state index is 13.1. The monoisotopic (exact) mass is 603 g/mol. The lowest BCUT2D eigenvalue weighted by molar-refractivity contribution is -0.156. The Morgan fingerprint density at radius 3 is 1.51 bits per heavy atom.